The van der Waals surface area contributed by atoms with E-state index in [9.17, 15) is 0 Å². The summed E-state index contributed by atoms with van der Waals surface area (Å²) in [5.41, 5.74) is 4.76. The van der Waals surface area contributed by atoms with Gasteiger partial charge in [-0.3, -0.25) is 0 Å². The molecule has 0 aliphatic rings. The van der Waals surface area contributed by atoms with Crippen LogP contribution in [0.15, 0.2) is 48.4 Å². The maximum Gasteiger partial charge on any atom is 0.0951 e. The molecule has 0 radical (unpaired) electrons. The molecule has 0 atom stereocenters. The number of imidazole rings is 1. The highest BCUT2D eigenvalue weighted by molar-refractivity contribution is 5.79. The molecule has 1 aromatic heterocycles. The van der Waals surface area contributed by atoms with Gasteiger partial charge in [0.25, 0.3) is 0 Å². The number of allylic oxidation sites excluding steroid dienone is 1. The number of rotatable bonds is 2. The maximum atomic E-state index is 4.42. The van der Waals surface area contributed by atoms with E-state index in [1.54, 1.807) is 0 Å². The average Bonchev–Trinajstić information content (AvgIpc) is 2.66. The van der Waals surface area contributed by atoms with Gasteiger partial charge in [0.1, 0.15) is 0 Å². The molecule has 0 fully saturated rings. The van der Waals surface area contributed by atoms with Crippen LogP contribution >= 0.6 is 0 Å². The van der Waals surface area contributed by atoms with Crippen LogP contribution in [0, 0.1) is 0 Å². The Hall–Kier alpha value is -1.83. The van der Waals surface area contributed by atoms with Crippen LogP contribution in [-0.2, 0) is 7.05 Å². The van der Waals surface area contributed by atoms with E-state index in [-0.39, 0.29) is 0 Å². The topological polar surface area (TPSA) is 17.8 Å². The quantitative estimate of drug-likeness (QED) is 0.747. The van der Waals surface area contributed by atoms with Gasteiger partial charge in [0.2, 0.25) is 0 Å². The zero-order valence-electron chi connectivity index (χ0n) is 9.94. The van der Waals surface area contributed by atoms with Gasteiger partial charge in [0, 0.05) is 18.8 Å². The molecule has 0 spiro atoms. The van der Waals surface area contributed by atoms with Crippen molar-refractivity contribution in [3.63, 3.8) is 0 Å². The highest BCUT2D eigenvalue weighted by Crippen LogP contribution is 2.24. The Bertz CT molecular complexity index is 503. The van der Waals surface area contributed by atoms with E-state index < -0.39 is 0 Å². The van der Waals surface area contributed by atoms with Gasteiger partial charge in [-0.1, -0.05) is 35.9 Å². The molecule has 2 rings (SSSR count). The Morgan fingerprint density at radius 3 is 2.31 bits per heavy atom. The molecule has 0 saturated carbocycles. The van der Waals surface area contributed by atoms with Crippen molar-refractivity contribution in [3.8, 4) is 0 Å². The van der Waals surface area contributed by atoms with Crippen LogP contribution in [0.25, 0.3) is 5.57 Å². The Balaban J connectivity index is 2.53. The van der Waals surface area contributed by atoms with Crippen molar-refractivity contribution in [1.29, 1.82) is 0 Å². The lowest BCUT2D eigenvalue weighted by molar-refractivity contribution is 0.913. The second kappa shape index (κ2) is 4.35. The molecular weight excluding hydrogens is 196 g/mol. The summed E-state index contributed by atoms with van der Waals surface area (Å²) in [4.78, 5) is 4.42. The smallest absolute Gasteiger partial charge is 0.0951 e. The SMILES string of the molecule is CC(C)=C(c1ccccc1)c1cn(C)cn1. The summed E-state index contributed by atoms with van der Waals surface area (Å²) in [7, 11) is 1.99. The predicted molar refractivity (Wildman–Crippen MR) is 67.0 cm³/mol. The molecule has 82 valence electrons. The first-order chi connectivity index (χ1) is 7.68. The van der Waals surface area contributed by atoms with Crippen LogP contribution in [-0.4, -0.2) is 9.55 Å². The highest BCUT2D eigenvalue weighted by Gasteiger charge is 2.08. The van der Waals surface area contributed by atoms with E-state index in [0.717, 1.165) is 5.69 Å². The third kappa shape index (κ3) is 2.06. The highest BCUT2D eigenvalue weighted by atomic mass is 15.0. The molecule has 0 amide bonds. The van der Waals surface area contributed by atoms with Crippen LogP contribution in [0.4, 0.5) is 0 Å². The Labute approximate surface area is 96.3 Å². The van der Waals surface area contributed by atoms with Crippen molar-refractivity contribution in [3.05, 3.63) is 59.7 Å². The lowest BCUT2D eigenvalue weighted by Crippen LogP contribution is -1.90. The van der Waals surface area contributed by atoms with Crippen molar-refractivity contribution in [1.82, 2.24) is 9.55 Å². The van der Waals surface area contributed by atoms with E-state index in [0.29, 0.717) is 0 Å². The zero-order valence-corrected chi connectivity index (χ0v) is 9.94. The first-order valence-corrected chi connectivity index (χ1v) is 5.39. The third-order valence-corrected chi connectivity index (χ3v) is 2.52. The van der Waals surface area contributed by atoms with Gasteiger partial charge >= 0.3 is 0 Å². The fourth-order valence-electron chi connectivity index (χ4n) is 1.84. The molecule has 0 aliphatic heterocycles. The molecule has 2 nitrogen and oxygen atoms in total. The van der Waals surface area contributed by atoms with Crippen molar-refractivity contribution < 1.29 is 0 Å². The minimum Gasteiger partial charge on any atom is -0.340 e. The molecule has 0 unspecified atom stereocenters. The van der Waals surface area contributed by atoms with Gasteiger partial charge in [-0.2, -0.15) is 0 Å². The first kappa shape index (κ1) is 10.7. The molecule has 0 saturated heterocycles. The van der Waals surface area contributed by atoms with Gasteiger partial charge in [-0.05, 0) is 19.4 Å². The molecule has 0 bridgehead atoms. The summed E-state index contributed by atoms with van der Waals surface area (Å²) in [5, 5.41) is 0. The Morgan fingerprint density at radius 1 is 1.12 bits per heavy atom. The van der Waals surface area contributed by atoms with Gasteiger partial charge in [0.05, 0.1) is 12.0 Å². The normalized spacial score (nSPS) is 10.2. The fraction of sp³-hybridized carbons (Fsp3) is 0.214. The van der Waals surface area contributed by atoms with Crippen molar-refractivity contribution in [2.24, 2.45) is 7.05 Å². The molecule has 1 heterocycles. The molecule has 2 heteroatoms. The van der Waals surface area contributed by atoms with E-state index in [4.69, 9.17) is 0 Å². The van der Waals surface area contributed by atoms with Gasteiger partial charge in [0.15, 0.2) is 0 Å². The van der Waals surface area contributed by atoms with Crippen LogP contribution in [0.3, 0.4) is 0 Å². The molecule has 0 aliphatic carbocycles. The largest absolute Gasteiger partial charge is 0.340 e. The van der Waals surface area contributed by atoms with Gasteiger partial charge < -0.3 is 4.57 Å². The average molecular weight is 212 g/mol. The second-order valence-electron chi connectivity index (χ2n) is 4.17. The van der Waals surface area contributed by atoms with E-state index >= 15 is 0 Å². The van der Waals surface area contributed by atoms with Crippen LogP contribution < -0.4 is 0 Å². The summed E-state index contributed by atoms with van der Waals surface area (Å²) in [5.74, 6) is 0. The van der Waals surface area contributed by atoms with Crippen molar-refractivity contribution in [2.75, 3.05) is 0 Å². The summed E-state index contributed by atoms with van der Waals surface area (Å²) in [6.07, 6.45) is 3.89. The Morgan fingerprint density at radius 2 is 1.81 bits per heavy atom. The Kier molecular flexibility index (Phi) is 2.91. The van der Waals surface area contributed by atoms with E-state index in [1.807, 2.05) is 24.0 Å². The second-order valence-corrected chi connectivity index (χ2v) is 4.17. The summed E-state index contributed by atoms with van der Waals surface area (Å²) in [6.45, 7) is 4.24. The lowest BCUT2D eigenvalue weighted by Gasteiger charge is -2.07. The number of benzene rings is 1. The molecule has 16 heavy (non-hydrogen) atoms. The van der Waals surface area contributed by atoms with Crippen LogP contribution in [0.2, 0.25) is 0 Å². The fourth-order valence-corrected chi connectivity index (χ4v) is 1.84. The minimum atomic E-state index is 1.04. The number of aryl methyl sites for hydroxylation is 1. The predicted octanol–water partition coefficient (Wildman–Crippen LogP) is 3.26. The zero-order chi connectivity index (χ0) is 11.5. The van der Waals surface area contributed by atoms with Crippen molar-refractivity contribution in [2.45, 2.75) is 13.8 Å². The van der Waals surface area contributed by atoms with Crippen molar-refractivity contribution >= 4 is 5.57 Å². The summed E-state index contributed by atoms with van der Waals surface area (Å²) in [6, 6.07) is 10.4. The molecule has 2 aromatic rings. The summed E-state index contributed by atoms with van der Waals surface area (Å²) < 4.78 is 1.97. The van der Waals surface area contributed by atoms with E-state index in [2.05, 4.69) is 49.3 Å². The molecule has 0 N–H and O–H groups in total. The molecule has 1 aromatic carbocycles. The monoisotopic (exact) mass is 212 g/mol. The van der Waals surface area contributed by atoms with Crippen LogP contribution in [0.5, 0.6) is 0 Å². The van der Waals surface area contributed by atoms with Gasteiger partial charge in [-0.15, -0.1) is 0 Å². The number of nitrogens with zero attached hydrogens (tertiary/aromatic N) is 2. The number of hydrogen-bond acceptors (Lipinski definition) is 1. The van der Waals surface area contributed by atoms with Crippen LogP contribution in [0.1, 0.15) is 25.1 Å². The number of hydrogen-bond donors (Lipinski definition) is 0. The van der Waals surface area contributed by atoms with E-state index in [1.165, 1.54) is 16.7 Å². The third-order valence-electron chi connectivity index (χ3n) is 2.52. The maximum absolute atomic E-state index is 4.42. The first-order valence-electron chi connectivity index (χ1n) is 5.39. The summed E-state index contributed by atoms with van der Waals surface area (Å²) >= 11 is 0. The lowest BCUT2D eigenvalue weighted by atomic mass is 9.99. The standard InChI is InChI=1S/C14H16N2/c1-11(2)14(12-7-5-4-6-8-12)13-9-16(3)10-15-13/h4-10H,1-3H3. The minimum absolute atomic E-state index is 1.04. The number of aromatic nitrogens is 2. The molecular formula is C14H16N2. The van der Waals surface area contributed by atoms with Gasteiger partial charge in [-0.25, -0.2) is 4.98 Å².